The third-order valence-corrected chi connectivity index (χ3v) is 5.73. The summed E-state index contributed by atoms with van der Waals surface area (Å²) in [7, 11) is 0. The van der Waals surface area contributed by atoms with E-state index < -0.39 is 12.1 Å². The summed E-state index contributed by atoms with van der Waals surface area (Å²) in [4.78, 5) is 25.4. The lowest BCUT2D eigenvalue weighted by Gasteiger charge is -2.46. The Morgan fingerprint density at radius 3 is 2.50 bits per heavy atom. The van der Waals surface area contributed by atoms with Gasteiger partial charge in [0.2, 0.25) is 0 Å². The van der Waals surface area contributed by atoms with Gasteiger partial charge >= 0.3 is 12.1 Å². The van der Waals surface area contributed by atoms with Crippen molar-refractivity contribution in [3.8, 4) is 0 Å². The first-order valence-electron chi connectivity index (χ1n) is 9.19. The molecule has 0 aliphatic carbocycles. The van der Waals surface area contributed by atoms with Crippen LogP contribution in [0.3, 0.4) is 0 Å². The maximum atomic E-state index is 12.2. The average molecular weight is 446 g/mol. The standard InChI is InChI=1S/C17H20N2O3S.C2HF3O2/c20-16-11-22-17(13-19(16)15-2-8-23-12-15)3-5-18(6-4-17)9-14-1-7-21-10-14;3-2(4,5)1(6)7/h1-2,7-8,10,12H,3-6,9,11,13H2;(H,6,7). The molecule has 164 valence electrons. The van der Waals surface area contributed by atoms with Crippen LogP contribution in [0.5, 0.6) is 0 Å². The zero-order chi connectivity index (χ0) is 21.8. The zero-order valence-corrected chi connectivity index (χ0v) is 16.7. The molecule has 0 atom stereocenters. The number of rotatable bonds is 3. The van der Waals surface area contributed by atoms with Gasteiger partial charge in [-0.3, -0.25) is 9.69 Å². The number of piperidine rings is 1. The normalized spacial score (nSPS) is 19.4. The number of hydrogen-bond donors (Lipinski definition) is 1. The number of carbonyl (C=O) groups is 2. The van der Waals surface area contributed by atoms with Crippen LogP contribution in [0.15, 0.2) is 39.8 Å². The topological polar surface area (TPSA) is 83.2 Å². The highest BCUT2D eigenvalue weighted by molar-refractivity contribution is 7.08. The van der Waals surface area contributed by atoms with Crippen LogP contribution in [-0.2, 0) is 20.9 Å². The number of aliphatic carboxylic acids is 1. The number of carboxylic acids is 1. The second-order valence-electron chi connectivity index (χ2n) is 7.14. The highest BCUT2D eigenvalue weighted by Gasteiger charge is 2.42. The lowest BCUT2D eigenvalue weighted by Crippen LogP contribution is -2.58. The molecule has 0 unspecified atom stereocenters. The van der Waals surface area contributed by atoms with E-state index in [1.807, 2.05) is 27.8 Å². The summed E-state index contributed by atoms with van der Waals surface area (Å²) in [6.07, 6.45) is 0.353. The van der Waals surface area contributed by atoms with Crippen molar-refractivity contribution in [2.75, 3.05) is 31.1 Å². The Morgan fingerprint density at radius 2 is 1.97 bits per heavy atom. The third kappa shape index (κ3) is 5.61. The largest absolute Gasteiger partial charge is 0.490 e. The number of halogens is 3. The van der Waals surface area contributed by atoms with Crippen molar-refractivity contribution < 1.29 is 37.0 Å². The molecular weight excluding hydrogens is 425 g/mol. The van der Waals surface area contributed by atoms with Gasteiger partial charge in [-0.25, -0.2) is 4.79 Å². The Bertz CT molecular complexity index is 831. The van der Waals surface area contributed by atoms with Crippen LogP contribution in [0.4, 0.5) is 18.9 Å². The van der Waals surface area contributed by atoms with E-state index in [1.165, 1.54) is 5.56 Å². The van der Waals surface area contributed by atoms with E-state index in [4.69, 9.17) is 19.1 Å². The molecule has 2 aromatic rings. The predicted molar refractivity (Wildman–Crippen MR) is 102 cm³/mol. The van der Waals surface area contributed by atoms with Gasteiger partial charge in [0, 0.05) is 30.6 Å². The number of alkyl halides is 3. The number of morpholine rings is 1. The molecule has 0 aromatic carbocycles. The fourth-order valence-electron chi connectivity index (χ4n) is 3.42. The van der Waals surface area contributed by atoms with Crippen molar-refractivity contribution in [3.05, 3.63) is 41.0 Å². The number of nitrogens with zero attached hydrogens (tertiary/aromatic N) is 2. The monoisotopic (exact) mass is 446 g/mol. The molecule has 2 aliphatic heterocycles. The van der Waals surface area contributed by atoms with Crippen LogP contribution in [0, 0.1) is 0 Å². The van der Waals surface area contributed by atoms with Crippen LogP contribution < -0.4 is 4.90 Å². The van der Waals surface area contributed by atoms with Gasteiger partial charge in [-0.1, -0.05) is 0 Å². The Hall–Kier alpha value is -2.37. The summed E-state index contributed by atoms with van der Waals surface area (Å²) in [5.74, 6) is -2.69. The van der Waals surface area contributed by atoms with Crippen molar-refractivity contribution >= 4 is 28.9 Å². The van der Waals surface area contributed by atoms with Crippen molar-refractivity contribution in [1.29, 1.82) is 0 Å². The van der Waals surface area contributed by atoms with Gasteiger partial charge in [-0.2, -0.15) is 24.5 Å². The van der Waals surface area contributed by atoms with Gasteiger partial charge in [0.25, 0.3) is 5.91 Å². The minimum Gasteiger partial charge on any atom is -0.475 e. The number of furan rings is 1. The molecule has 2 aliphatic rings. The Morgan fingerprint density at radius 1 is 1.27 bits per heavy atom. The van der Waals surface area contributed by atoms with E-state index in [0.29, 0.717) is 6.54 Å². The van der Waals surface area contributed by atoms with Crippen LogP contribution in [-0.4, -0.2) is 59.9 Å². The molecule has 30 heavy (non-hydrogen) atoms. The first kappa shape index (κ1) is 22.3. The number of ether oxygens (including phenoxy) is 1. The van der Waals surface area contributed by atoms with Crippen molar-refractivity contribution in [2.45, 2.75) is 31.2 Å². The fourth-order valence-corrected chi connectivity index (χ4v) is 4.06. The van der Waals surface area contributed by atoms with Gasteiger partial charge in [0.05, 0.1) is 30.4 Å². The summed E-state index contributed by atoms with van der Waals surface area (Å²) in [5, 5.41) is 11.2. The maximum Gasteiger partial charge on any atom is 0.490 e. The molecule has 7 nitrogen and oxygen atoms in total. The minimum absolute atomic E-state index is 0.0647. The summed E-state index contributed by atoms with van der Waals surface area (Å²) < 4.78 is 42.9. The first-order chi connectivity index (χ1) is 14.2. The van der Waals surface area contributed by atoms with Gasteiger partial charge in [0.15, 0.2) is 0 Å². The van der Waals surface area contributed by atoms with E-state index in [1.54, 1.807) is 23.9 Å². The molecular formula is C19H21F3N2O5S. The predicted octanol–water partition coefficient (Wildman–Crippen LogP) is 3.37. The van der Waals surface area contributed by atoms with Gasteiger partial charge in [-0.15, -0.1) is 0 Å². The van der Waals surface area contributed by atoms with E-state index in [9.17, 15) is 18.0 Å². The second-order valence-corrected chi connectivity index (χ2v) is 7.92. The fraction of sp³-hybridized carbons (Fsp3) is 0.474. The van der Waals surface area contributed by atoms with Crippen LogP contribution in [0.2, 0.25) is 0 Å². The number of hydrogen-bond acceptors (Lipinski definition) is 6. The smallest absolute Gasteiger partial charge is 0.475 e. The lowest BCUT2D eigenvalue weighted by molar-refractivity contribution is -0.192. The first-order valence-corrected chi connectivity index (χ1v) is 10.1. The quantitative estimate of drug-likeness (QED) is 0.779. The lowest BCUT2D eigenvalue weighted by atomic mass is 9.89. The van der Waals surface area contributed by atoms with Crippen LogP contribution >= 0.6 is 11.3 Å². The molecule has 2 saturated heterocycles. The number of thiophene rings is 1. The Kier molecular flexibility index (Phi) is 6.84. The molecule has 0 saturated carbocycles. The summed E-state index contributed by atoms with van der Waals surface area (Å²) in [6.45, 7) is 3.74. The Labute approximate surface area is 174 Å². The SMILES string of the molecule is O=C(O)C(F)(F)F.O=C1COC2(CCN(Cc3ccoc3)CC2)CN1c1ccsc1. The molecule has 1 amide bonds. The van der Waals surface area contributed by atoms with Crippen molar-refractivity contribution in [1.82, 2.24) is 4.90 Å². The molecule has 2 aromatic heterocycles. The van der Waals surface area contributed by atoms with Gasteiger partial charge in [0.1, 0.15) is 6.61 Å². The molecule has 0 radical (unpaired) electrons. The second kappa shape index (κ2) is 9.19. The highest BCUT2D eigenvalue weighted by Crippen LogP contribution is 2.33. The van der Waals surface area contributed by atoms with Crippen LogP contribution in [0.1, 0.15) is 18.4 Å². The molecule has 0 bridgehead atoms. The highest BCUT2D eigenvalue weighted by atomic mass is 32.1. The molecule has 11 heteroatoms. The maximum absolute atomic E-state index is 12.2. The van der Waals surface area contributed by atoms with E-state index >= 15 is 0 Å². The molecule has 4 rings (SSSR count). The van der Waals surface area contributed by atoms with Crippen molar-refractivity contribution in [2.24, 2.45) is 0 Å². The van der Waals surface area contributed by atoms with E-state index in [2.05, 4.69) is 4.90 Å². The summed E-state index contributed by atoms with van der Waals surface area (Å²) in [5.41, 5.74) is 2.02. The van der Waals surface area contributed by atoms with Crippen molar-refractivity contribution in [3.63, 3.8) is 0 Å². The third-order valence-electron chi connectivity index (χ3n) is 5.06. The van der Waals surface area contributed by atoms with E-state index in [0.717, 1.165) is 38.2 Å². The average Bonchev–Trinajstić information content (AvgIpc) is 3.40. The minimum atomic E-state index is -5.08. The molecule has 2 fully saturated rings. The number of likely N-dealkylation sites (tertiary alicyclic amines) is 1. The summed E-state index contributed by atoms with van der Waals surface area (Å²) in [6, 6.07) is 4.02. The Balaban J connectivity index is 0.000000318. The molecule has 4 heterocycles. The van der Waals surface area contributed by atoms with E-state index in [-0.39, 0.29) is 18.1 Å². The zero-order valence-electron chi connectivity index (χ0n) is 15.9. The molecule has 1 N–H and O–H groups in total. The summed E-state index contributed by atoms with van der Waals surface area (Å²) >= 11 is 1.62. The van der Waals surface area contributed by atoms with Crippen LogP contribution in [0.25, 0.3) is 0 Å². The number of carboxylic acid groups (broad SMARTS) is 1. The van der Waals surface area contributed by atoms with Gasteiger partial charge < -0.3 is 19.2 Å². The van der Waals surface area contributed by atoms with Gasteiger partial charge in [-0.05, 0) is 30.4 Å². The number of anilines is 1. The molecule has 1 spiro atoms. The number of amides is 1. The number of carbonyl (C=O) groups excluding carboxylic acids is 1.